The van der Waals surface area contributed by atoms with Gasteiger partial charge in [0.2, 0.25) is 0 Å². The Morgan fingerprint density at radius 2 is 1.95 bits per heavy atom. The van der Waals surface area contributed by atoms with E-state index in [9.17, 15) is 14.5 Å². The standard InChI is InChI=1S/C15H14ClFN2O2/c1-10(12-2-4-13(16)5-3-12)18-9-11-6-14(17)8-15(7-11)19(20)21/h2-8,10,18H,9H2,1H3/t10-/m1/s1. The molecular weight excluding hydrogens is 295 g/mol. The summed E-state index contributed by atoms with van der Waals surface area (Å²) in [5.74, 6) is -0.611. The molecule has 0 amide bonds. The second kappa shape index (κ2) is 6.65. The minimum atomic E-state index is -0.611. The number of rotatable bonds is 5. The van der Waals surface area contributed by atoms with Crippen LogP contribution in [0.5, 0.6) is 0 Å². The predicted octanol–water partition coefficient (Wildman–Crippen LogP) is 4.24. The molecule has 0 aliphatic heterocycles. The minimum absolute atomic E-state index is 0.0181. The highest BCUT2D eigenvalue weighted by Gasteiger charge is 2.11. The van der Waals surface area contributed by atoms with Crippen LogP contribution in [0.1, 0.15) is 24.1 Å². The molecule has 0 aromatic heterocycles. The molecule has 0 aliphatic carbocycles. The van der Waals surface area contributed by atoms with Gasteiger partial charge in [0.1, 0.15) is 5.82 Å². The Kier molecular flexibility index (Phi) is 4.88. The Hall–Kier alpha value is -1.98. The van der Waals surface area contributed by atoms with E-state index >= 15 is 0 Å². The summed E-state index contributed by atoms with van der Waals surface area (Å²) in [6.45, 7) is 2.29. The molecule has 0 aliphatic rings. The molecule has 0 unspecified atom stereocenters. The smallest absolute Gasteiger partial charge is 0.272 e. The van der Waals surface area contributed by atoms with Gasteiger partial charge in [0.05, 0.1) is 11.0 Å². The van der Waals surface area contributed by atoms with Gasteiger partial charge in [-0.1, -0.05) is 23.7 Å². The zero-order chi connectivity index (χ0) is 15.4. The van der Waals surface area contributed by atoms with Gasteiger partial charge in [-0.3, -0.25) is 10.1 Å². The predicted molar refractivity (Wildman–Crippen MR) is 79.8 cm³/mol. The largest absolute Gasteiger partial charge is 0.306 e. The van der Waals surface area contributed by atoms with Gasteiger partial charge < -0.3 is 5.32 Å². The first-order valence-electron chi connectivity index (χ1n) is 6.38. The van der Waals surface area contributed by atoms with Crippen molar-refractivity contribution in [1.29, 1.82) is 0 Å². The SMILES string of the molecule is C[C@@H](NCc1cc(F)cc([N+](=O)[O-])c1)c1ccc(Cl)cc1. The molecule has 21 heavy (non-hydrogen) atoms. The summed E-state index contributed by atoms with van der Waals surface area (Å²) in [5.41, 5.74) is 1.32. The number of nitro benzene ring substituents is 1. The second-order valence-corrected chi connectivity index (χ2v) is 5.17. The molecular formula is C15H14ClFN2O2. The van der Waals surface area contributed by atoms with Crippen LogP contribution in [0.4, 0.5) is 10.1 Å². The number of benzene rings is 2. The Labute approximate surface area is 126 Å². The topological polar surface area (TPSA) is 55.2 Å². The highest BCUT2D eigenvalue weighted by atomic mass is 35.5. The van der Waals surface area contributed by atoms with Gasteiger partial charge in [0, 0.05) is 23.7 Å². The third-order valence-corrected chi connectivity index (χ3v) is 3.39. The second-order valence-electron chi connectivity index (χ2n) is 4.73. The van der Waals surface area contributed by atoms with Crippen LogP contribution in [0.3, 0.4) is 0 Å². The van der Waals surface area contributed by atoms with Crippen LogP contribution in [-0.4, -0.2) is 4.92 Å². The molecule has 1 atom stereocenters. The van der Waals surface area contributed by atoms with Crippen LogP contribution in [0, 0.1) is 15.9 Å². The quantitative estimate of drug-likeness (QED) is 0.664. The summed E-state index contributed by atoms with van der Waals surface area (Å²) in [4.78, 5) is 10.1. The molecule has 0 fully saturated rings. The molecule has 2 rings (SSSR count). The monoisotopic (exact) mass is 308 g/mol. The van der Waals surface area contributed by atoms with Crippen molar-refractivity contribution in [2.45, 2.75) is 19.5 Å². The first-order chi connectivity index (χ1) is 9.95. The van der Waals surface area contributed by atoms with Gasteiger partial charge in [-0.15, -0.1) is 0 Å². The van der Waals surface area contributed by atoms with Crippen molar-refractivity contribution >= 4 is 17.3 Å². The van der Waals surface area contributed by atoms with Crippen LogP contribution < -0.4 is 5.32 Å². The van der Waals surface area contributed by atoms with Crippen molar-refractivity contribution < 1.29 is 9.31 Å². The van der Waals surface area contributed by atoms with Gasteiger partial charge in [-0.2, -0.15) is 0 Å². The Bertz CT molecular complexity index is 647. The molecule has 4 nitrogen and oxygen atoms in total. The van der Waals surface area contributed by atoms with Crippen molar-refractivity contribution in [2.75, 3.05) is 0 Å². The summed E-state index contributed by atoms with van der Waals surface area (Å²) >= 11 is 5.83. The van der Waals surface area contributed by atoms with Crippen LogP contribution in [-0.2, 0) is 6.54 Å². The first kappa shape index (κ1) is 15.4. The maximum Gasteiger partial charge on any atom is 0.272 e. The van der Waals surface area contributed by atoms with Crippen molar-refractivity contribution in [1.82, 2.24) is 5.32 Å². The molecule has 0 bridgehead atoms. The van der Waals surface area contributed by atoms with E-state index in [2.05, 4.69) is 5.32 Å². The summed E-state index contributed by atoms with van der Waals surface area (Å²) < 4.78 is 13.3. The number of non-ortho nitro benzene ring substituents is 1. The third-order valence-electron chi connectivity index (χ3n) is 3.14. The van der Waals surface area contributed by atoms with Crippen molar-refractivity contribution in [2.24, 2.45) is 0 Å². The highest BCUT2D eigenvalue weighted by Crippen LogP contribution is 2.19. The van der Waals surface area contributed by atoms with Gasteiger partial charge in [0.25, 0.3) is 5.69 Å². The summed E-state index contributed by atoms with van der Waals surface area (Å²) in [7, 11) is 0. The first-order valence-corrected chi connectivity index (χ1v) is 6.76. The number of halogens is 2. The lowest BCUT2D eigenvalue weighted by Crippen LogP contribution is -2.18. The van der Waals surface area contributed by atoms with Crippen LogP contribution in [0.25, 0.3) is 0 Å². The fourth-order valence-electron chi connectivity index (χ4n) is 1.98. The average molecular weight is 309 g/mol. The lowest BCUT2D eigenvalue weighted by Gasteiger charge is -2.14. The summed E-state index contributed by atoms with van der Waals surface area (Å²) in [6.07, 6.45) is 0. The van der Waals surface area contributed by atoms with Crippen molar-refractivity contribution in [3.05, 3.63) is 74.5 Å². The van der Waals surface area contributed by atoms with E-state index in [1.807, 2.05) is 19.1 Å². The molecule has 0 saturated carbocycles. The molecule has 110 valence electrons. The van der Waals surface area contributed by atoms with E-state index in [1.165, 1.54) is 12.1 Å². The summed E-state index contributed by atoms with van der Waals surface area (Å²) in [5, 5.41) is 14.6. The van der Waals surface area contributed by atoms with Crippen LogP contribution >= 0.6 is 11.6 Å². The van der Waals surface area contributed by atoms with E-state index in [0.717, 1.165) is 11.6 Å². The molecule has 2 aromatic rings. The molecule has 2 aromatic carbocycles. The normalized spacial score (nSPS) is 12.1. The van der Waals surface area contributed by atoms with E-state index in [4.69, 9.17) is 11.6 Å². The number of hydrogen-bond acceptors (Lipinski definition) is 3. The lowest BCUT2D eigenvalue weighted by atomic mass is 10.1. The van der Waals surface area contributed by atoms with Crippen molar-refractivity contribution in [3.8, 4) is 0 Å². The Morgan fingerprint density at radius 3 is 2.57 bits per heavy atom. The Balaban J connectivity index is 2.05. The van der Waals surface area contributed by atoms with Crippen LogP contribution in [0.15, 0.2) is 42.5 Å². The van der Waals surface area contributed by atoms with E-state index in [0.29, 0.717) is 17.1 Å². The zero-order valence-electron chi connectivity index (χ0n) is 11.3. The van der Waals surface area contributed by atoms with Crippen molar-refractivity contribution in [3.63, 3.8) is 0 Å². The molecule has 0 spiro atoms. The summed E-state index contributed by atoms with van der Waals surface area (Å²) in [6, 6.07) is 11.0. The van der Waals surface area contributed by atoms with E-state index in [1.54, 1.807) is 12.1 Å². The maximum atomic E-state index is 13.3. The Morgan fingerprint density at radius 1 is 1.29 bits per heavy atom. The van der Waals surface area contributed by atoms with E-state index < -0.39 is 10.7 Å². The number of nitro groups is 1. The molecule has 0 saturated heterocycles. The van der Waals surface area contributed by atoms with E-state index in [-0.39, 0.29) is 11.7 Å². The fraction of sp³-hybridized carbons (Fsp3) is 0.200. The molecule has 6 heteroatoms. The maximum absolute atomic E-state index is 13.3. The van der Waals surface area contributed by atoms with Gasteiger partial charge in [-0.25, -0.2) is 4.39 Å². The number of nitrogens with zero attached hydrogens (tertiary/aromatic N) is 1. The highest BCUT2D eigenvalue weighted by molar-refractivity contribution is 6.30. The van der Waals surface area contributed by atoms with Gasteiger partial charge >= 0.3 is 0 Å². The lowest BCUT2D eigenvalue weighted by molar-refractivity contribution is -0.385. The average Bonchev–Trinajstić information content (AvgIpc) is 2.45. The van der Waals surface area contributed by atoms with Gasteiger partial charge in [0.15, 0.2) is 0 Å². The fourth-order valence-corrected chi connectivity index (χ4v) is 2.11. The minimum Gasteiger partial charge on any atom is -0.306 e. The number of nitrogens with one attached hydrogen (secondary N) is 1. The zero-order valence-corrected chi connectivity index (χ0v) is 12.1. The molecule has 0 radical (unpaired) electrons. The molecule has 1 N–H and O–H groups in total. The molecule has 0 heterocycles. The van der Waals surface area contributed by atoms with Gasteiger partial charge in [-0.05, 0) is 36.2 Å². The number of hydrogen-bond donors (Lipinski definition) is 1. The third kappa shape index (κ3) is 4.24. The van der Waals surface area contributed by atoms with Crippen LogP contribution in [0.2, 0.25) is 5.02 Å².